The quantitative estimate of drug-likeness (QED) is 0.104. The molecule has 55 heavy (non-hydrogen) atoms. The van der Waals surface area contributed by atoms with Crippen LogP contribution in [-0.4, -0.2) is 74.4 Å². The zero-order chi connectivity index (χ0) is 38.9. The van der Waals surface area contributed by atoms with E-state index < -0.39 is 0 Å². The lowest BCUT2D eigenvalue weighted by molar-refractivity contribution is 0.170. The lowest BCUT2D eigenvalue weighted by atomic mass is 9.85. The first kappa shape index (κ1) is 38.3. The predicted octanol–water partition coefficient (Wildman–Crippen LogP) is 6.82. The number of ether oxygens (including phenoxy) is 1. The molecule has 2 fully saturated rings. The molecular formula is C42H55FN10O2. The summed E-state index contributed by atoms with van der Waals surface area (Å²) >= 11 is 0. The van der Waals surface area contributed by atoms with Crippen LogP contribution >= 0.6 is 0 Å². The van der Waals surface area contributed by atoms with E-state index in [0.29, 0.717) is 42.6 Å². The summed E-state index contributed by atoms with van der Waals surface area (Å²) in [7, 11) is 0. The number of carbonyl (C=O) groups excluding carboxylic acids is 1. The van der Waals surface area contributed by atoms with Crippen LogP contribution in [0.4, 0.5) is 15.0 Å². The smallest absolute Gasteiger partial charge is 0.320 e. The maximum absolute atomic E-state index is 15.1. The molecule has 13 heteroatoms. The van der Waals surface area contributed by atoms with Crippen LogP contribution in [0.5, 0.6) is 5.75 Å². The number of benzene rings is 2. The fourth-order valence-electron chi connectivity index (χ4n) is 8.19. The van der Waals surface area contributed by atoms with Gasteiger partial charge >= 0.3 is 6.03 Å². The Morgan fingerprint density at radius 2 is 1.71 bits per heavy atom. The highest BCUT2D eigenvalue weighted by atomic mass is 19.1. The molecule has 0 radical (unpaired) electrons. The van der Waals surface area contributed by atoms with Crippen LogP contribution in [0, 0.1) is 16.6 Å². The summed E-state index contributed by atoms with van der Waals surface area (Å²) in [5.74, 6) is 0.977. The number of fused-ring (bicyclic) bond motifs is 1. The van der Waals surface area contributed by atoms with Gasteiger partial charge in [-0.05, 0) is 93.0 Å². The molecule has 0 spiro atoms. The Balaban J connectivity index is 1.08. The number of halogens is 1. The van der Waals surface area contributed by atoms with Gasteiger partial charge < -0.3 is 20.3 Å². The van der Waals surface area contributed by atoms with Gasteiger partial charge in [0, 0.05) is 56.3 Å². The van der Waals surface area contributed by atoms with Crippen LogP contribution in [0.25, 0.3) is 5.69 Å². The average Bonchev–Trinajstić information content (AvgIpc) is 3.58. The largest absolute Gasteiger partial charge is 0.484 e. The van der Waals surface area contributed by atoms with Crippen molar-refractivity contribution in [1.82, 2.24) is 34.8 Å². The third kappa shape index (κ3) is 8.63. The van der Waals surface area contributed by atoms with Crippen LogP contribution in [-0.2, 0) is 12.0 Å². The summed E-state index contributed by atoms with van der Waals surface area (Å²) in [4.78, 5) is 18.2. The summed E-state index contributed by atoms with van der Waals surface area (Å²) in [6.07, 6.45) is 5.95. The van der Waals surface area contributed by atoms with Crippen molar-refractivity contribution in [2.24, 2.45) is 0 Å². The number of rotatable bonds is 7. The molecule has 292 valence electrons. The van der Waals surface area contributed by atoms with Gasteiger partial charge in [-0.1, -0.05) is 45.0 Å². The molecule has 12 nitrogen and oxygen atoms in total. The van der Waals surface area contributed by atoms with Crippen molar-refractivity contribution in [3.63, 3.8) is 0 Å². The monoisotopic (exact) mass is 750 g/mol. The molecule has 2 aliphatic heterocycles. The lowest BCUT2D eigenvalue weighted by Crippen LogP contribution is -2.51. The van der Waals surface area contributed by atoms with Gasteiger partial charge in [-0.25, -0.2) is 13.9 Å². The molecule has 0 saturated carbocycles. The second-order valence-corrected chi connectivity index (χ2v) is 16.4. The van der Waals surface area contributed by atoms with Crippen molar-refractivity contribution in [2.45, 2.75) is 103 Å². The molecule has 5 N–H and O–H groups in total. The first-order valence-corrected chi connectivity index (χ1v) is 19.6. The summed E-state index contributed by atoms with van der Waals surface area (Å²) in [5, 5.41) is 32.1. The molecule has 4 heterocycles. The SMILES string of the molecule is C[C@@H]1CCC[C@H](C)N1C(=N)n1cc(O[C@@H]2CC[C@H](NC(=O)Nc3cc(C(C)(C)C)nn3-c3cc(F)cc(CN4CCNCC4)c3)c3ccccc32)ccc1=N. The Morgan fingerprint density at radius 1 is 0.982 bits per heavy atom. The highest BCUT2D eigenvalue weighted by molar-refractivity contribution is 5.89. The molecule has 4 aromatic rings. The first-order valence-electron chi connectivity index (χ1n) is 19.6. The van der Waals surface area contributed by atoms with Crippen LogP contribution in [0.3, 0.4) is 0 Å². The number of urea groups is 1. The van der Waals surface area contributed by atoms with E-state index in [1.165, 1.54) is 6.07 Å². The van der Waals surface area contributed by atoms with Crippen molar-refractivity contribution < 1.29 is 13.9 Å². The second kappa shape index (κ2) is 16.0. The number of likely N-dealkylation sites (tertiary alicyclic amines) is 1. The lowest BCUT2D eigenvalue weighted by Gasteiger charge is -2.41. The average molecular weight is 751 g/mol. The Morgan fingerprint density at radius 3 is 2.44 bits per heavy atom. The van der Waals surface area contributed by atoms with Crippen molar-refractivity contribution in [2.75, 3.05) is 31.5 Å². The number of piperazine rings is 1. The summed E-state index contributed by atoms with van der Waals surface area (Å²) in [5.41, 5.74) is 4.04. The molecule has 2 aromatic carbocycles. The van der Waals surface area contributed by atoms with E-state index >= 15 is 4.39 Å². The molecule has 1 aliphatic carbocycles. The van der Waals surface area contributed by atoms with Gasteiger partial charge in [-0.15, -0.1) is 0 Å². The molecular weight excluding hydrogens is 696 g/mol. The van der Waals surface area contributed by atoms with Crippen molar-refractivity contribution >= 4 is 17.8 Å². The van der Waals surface area contributed by atoms with Crippen molar-refractivity contribution in [3.05, 3.63) is 101 Å². The van der Waals surface area contributed by atoms with Crippen LogP contribution in [0.1, 0.15) is 101 Å². The number of pyridine rings is 1. The molecule has 2 saturated heterocycles. The third-order valence-corrected chi connectivity index (χ3v) is 11.1. The van der Waals surface area contributed by atoms with Gasteiger partial charge in [0.2, 0.25) is 5.96 Å². The number of amides is 2. The van der Waals surface area contributed by atoms with E-state index in [9.17, 15) is 4.79 Å². The van der Waals surface area contributed by atoms with Gasteiger partial charge in [0.15, 0.2) is 0 Å². The van der Waals surface area contributed by atoms with Crippen LogP contribution in [0.2, 0.25) is 0 Å². The van der Waals surface area contributed by atoms with Gasteiger partial charge in [-0.3, -0.25) is 25.6 Å². The maximum atomic E-state index is 15.1. The molecule has 4 atom stereocenters. The van der Waals surface area contributed by atoms with Crippen LogP contribution in [0.15, 0.2) is 66.9 Å². The molecule has 2 amide bonds. The van der Waals surface area contributed by atoms with Crippen LogP contribution < -0.4 is 26.2 Å². The predicted molar refractivity (Wildman–Crippen MR) is 212 cm³/mol. The number of anilines is 1. The standard InChI is InChI=1S/C42H55FN10O2/c1-27-9-8-10-28(2)52(27)40(45)51-26-32(13-16-38(51)44)55-36-15-14-35(33-11-6-7-12-34(33)36)47-41(54)48-39-24-37(42(3,4)5)49-53(39)31-22-29(21-30(43)23-31)25-50-19-17-46-18-20-50/h6-7,11-13,16,21-24,26-28,35-36,44-46H,8-10,14-15,17-20,25H2,1-5H3,(H2,47,48,54)/t27-,28+,35-,36+/m0/s1. The molecule has 0 unspecified atom stereocenters. The Hall–Kier alpha value is -5.01. The number of carbonyl (C=O) groups is 1. The number of nitrogens with one attached hydrogen (secondary N) is 5. The van der Waals surface area contributed by atoms with E-state index in [4.69, 9.17) is 20.7 Å². The summed E-state index contributed by atoms with van der Waals surface area (Å²) < 4.78 is 24.9. The number of aromatic nitrogens is 3. The van der Waals surface area contributed by atoms with Gasteiger partial charge in [0.1, 0.15) is 29.0 Å². The Labute approximate surface area is 323 Å². The zero-order valence-electron chi connectivity index (χ0n) is 32.7. The van der Waals surface area contributed by atoms with E-state index in [1.807, 2.05) is 36.4 Å². The van der Waals surface area contributed by atoms with Gasteiger partial charge in [0.25, 0.3) is 0 Å². The van der Waals surface area contributed by atoms with Gasteiger partial charge in [-0.2, -0.15) is 5.10 Å². The van der Waals surface area contributed by atoms with Gasteiger partial charge in [0.05, 0.1) is 23.6 Å². The highest BCUT2D eigenvalue weighted by Gasteiger charge is 2.31. The topological polar surface area (TPSA) is 139 Å². The fourth-order valence-corrected chi connectivity index (χ4v) is 8.19. The number of nitrogens with zero attached hydrogens (tertiary/aromatic N) is 5. The molecule has 7 rings (SSSR count). The maximum Gasteiger partial charge on any atom is 0.320 e. The minimum absolute atomic E-state index is 0.224. The highest BCUT2D eigenvalue weighted by Crippen LogP contribution is 2.39. The minimum atomic E-state index is -0.384. The molecule has 2 aromatic heterocycles. The normalized spacial score (nSPS) is 21.8. The van der Waals surface area contributed by atoms with Crippen molar-refractivity contribution in [3.8, 4) is 11.4 Å². The van der Waals surface area contributed by atoms with E-state index in [0.717, 1.165) is 67.8 Å². The van der Waals surface area contributed by atoms with E-state index in [1.54, 1.807) is 33.6 Å². The zero-order valence-corrected chi connectivity index (χ0v) is 32.7. The van der Waals surface area contributed by atoms with E-state index in [-0.39, 0.29) is 47.0 Å². The minimum Gasteiger partial charge on any atom is -0.484 e. The molecule has 3 aliphatic rings. The summed E-state index contributed by atoms with van der Waals surface area (Å²) in [6.45, 7) is 14.7. The van der Waals surface area contributed by atoms with E-state index in [2.05, 4.69) is 60.4 Å². The van der Waals surface area contributed by atoms with Crippen molar-refractivity contribution in [1.29, 1.82) is 10.8 Å². The Kier molecular flexibility index (Phi) is 11.1. The third-order valence-electron chi connectivity index (χ3n) is 11.1. The number of hydrogen-bond acceptors (Lipinski definition) is 7. The number of hydrogen-bond donors (Lipinski definition) is 5. The first-order chi connectivity index (χ1) is 26.3. The summed E-state index contributed by atoms with van der Waals surface area (Å²) in [6, 6.07) is 18.1. The Bertz CT molecular complexity index is 2070. The number of piperidine rings is 1. The molecule has 0 bridgehead atoms. The fraction of sp³-hybridized carbons (Fsp3) is 0.476. The second-order valence-electron chi connectivity index (χ2n) is 16.4.